The number of alkyl halides is 3. The number of nitrogens with zero attached hydrogens (tertiary/aromatic N) is 3. The molecular weight excluding hydrogens is 538 g/mol. The van der Waals surface area contributed by atoms with Gasteiger partial charge in [0.1, 0.15) is 5.69 Å². The molecule has 2 aromatic rings. The molecule has 0 aliphatic carbocycles. The van der Waals surface area contributed by atoms with E-state index in [-0.39, 0.29) is 27.8 Å². The number of benzene rings is 2. The molecule has 0 atom stereocenters. The molecule has 13 heteroatoms. The second kappa shape index (κ2) is 8.21. The number of nitro benzene ring substituents is 2. The Morgan fingerprint density at radius 1 is 1.07 bits per heavy atom. The van der Waals surface area contributed by atoms with Crippen LogP contribution in [0.25, 0.3) is 0 Å². The quantitative estimate of drug-likeness (QED) is 0.301. The third-order valence-corrected chi connectivity index (χ3v) is 4.98. The van der Waals surface area contributed by atoms with Crippen LogP contribution in [0.5, 0.6) is 0 Å². The summed E-state index contributed by atoms with van der Waals surface area (Å²) in [5.74, 6) is 0. The number of anilines is 2. The van der Waals surface area contributed by atoms with Crippen LogP contribution in [0.3, 0.4) is 0 Å². The van der Waals surface area contributed by atoms with Crippen LogP contribution in [0, 0.1) is 20.2 Å². The van der Waals surface area contributed by atoms with E-state index in [1.54, 1.807) is 0 Å². The zero-order valence-electron chi connectivity index (χ0n) is 13.8. The number of halogens is 6. The number of hydrogen-bond acceptors (Lipinski definition) is 5. The van der Waals surface area contributed by atoms with Crippen LogP contribution in [-0.4, -0.2) is 16.4 Å². The minimum Gasteiger partial charge on any atom is -0.334 e. The molecule has 0 aliphatic heterocycles. The molecule has 0 amide bonds. The number of rotatable bonds is 5. The van der Waals surface area contributed by atoms with Crippen molar-refractivity contribution < 1.29 is 23.0 Å². The molecule has 0 N–H and O–H groups in total. The summed E-state index contributed by atoms with van der Waals surface area (Å²) in [6, 6.07) is 3.68. The van der Waals surface area contributed by atoms with Gasteiger partial charge >= 0.3 is 6.18 Å². The Hall–Kier alpha value is -1.92. The van der Waals surface area contributed by atoms with Crippen molar-refractivity contribution >= 4 is 66.2 Å². The van der Waals surface area contributed by atoms with Crippen molar-refractivity contribution in [2.24, 2.45) is 0 Å². The van der Waals surface area contributed by atoms with Crippen molar-refractivity contribution in [3.8, 4) is 0 Å². The fourth-order valence-corrected chi connectivity index (χ4v) is 4.58. The van der Waals surface area contributed by atoms with Crippen molar-refractivity contribution in [3.05, 3.63) is 64.0 Å². The van der Waals surface area contributed by atoms with Gasteiger partial charge in [-0.05, 0) is 35.0 Å². The lowest BCUT2D eigenvalue weighted by Crippen LogP contribution is -2.23. The maximum atomic E-state index is 13.7. The van der Waals surface area contributed by atoms with Crippen LogP contribution in [0.2, 0.25) is 5.02 Å². The maximum absolute atomic E-state index is 13.7. The van der Waals surface area contributed by atoms with Crippen LogP contribution in [0.15, 0.2) is 33.2 Å². The standard InChI is InChI=1S/C15H9Br2ClF3N3O4/c1-2-22(14-10(17)3-7(16)4-11(14)18)13-9(15(19,20)21)5-8(23(25)26)6-12(13)24(27)28/h3-6H,2H2,1H3. The highest BCUT2D eigenvalue weighted by Crippen LogP contribution is 2.49. The second-order valence-corrected chi connectivity index (χ2v) is 7.51. The molecule has 0 spiro atoms. The zero-order chi connectivity index (χ0) is 21.4. The molecule has 0 aromatic heterocycles. The van der Waals surface area contributed by atoms with Gasteiger partial charge in [-0.1, -0.05) is 27.5 Å². The lowest BCUT2D eigenvalue weighted by Gasteiger charge is -2.28. The first-order chi connectivity index (χ1) is 12.9. The maximum Gasteiger partial charge on any atom is 0.418 e. The summed E-state index contributed by atoms with van der Waals surface area (Å²) in [6.07, 6.45) is -5.09. The first-order valence-electron chi connectivity index (χ1n) is 7.34. The number of nitro groups is 2. The lowest BCUT2D eigenvalue weighted by atomic mass is 10.1. The van der Waals surface area contributed by atoms with Gasteiger partial charge in [0.25, 0.3) is 11.4 Å². The van der Waals surface area contributed by atoms with Crippen LogP contribution < -0.4 is 4.90 Å². The Bertz CT molecular complexity index is 949. The van der Waals surface area contributed by atoms with Crippen LogP contribution >= 0.6 is 43.5 Å². The van der Waals surface area contributed by atoms with Gasteiger partial charge in [0.2, 0.25) is 0 Å². The third kappa shape index (κ3) is 4.39. The smallest absolute Gasteiger partial charge is 0.334 e. The lowest BCUT2D eigenvalue weighted by molar-refractivity contribution is -0.394. The number of non-ortho nitro benzene ring substituents is 1. The average Bonchev–Trinajstić information content (AvgIpc) is 2.55. The van der Waals surface area contributed by atoms with E-state index in [1.807, 2.05) is 0 Å². The van der Waals surface area contributed by atoms with E-state index in [4.69, 9.17) is 11.6 Å². The molecule has 7 nitrogen and oxygen atoms in total. The molecule has 0 aliphatic rings. The molecule has 2 aromatic carbocycles. The van der Waals surface area contributed by atoms with Gasteiger partial charge in [-0.3, -0.25) is 20.2 Å². The highest BCUT2D eigenvalue weighted by atomic mass is 79.9. The molecule has 0 saturated carbocycles. The molecule has 0 unspecified atom stereocenters. The Morgan fingerprint density at radius 2 is 1.68 bits per heavy atom. The zero-order valence-corrected chi connectivity index (χ0v) is 17.7. The monoisotopic (exact) mass is 545 g/mol. The SMILES string of the molecule is CCN(c1c(Cl)cc(Br)cc1Br)c1c([N+](=O)[O-])cc([N+](=O)[O-])cc1C(F)(F)F. The van der Waals surface area contributed by atoms with E-state index < -0.39 is 38.6 Å². The third-order valence-electron chi connectivity index (χ3n) is 3.63. The normalized spacial score (nSPS) is 11.4. The second-order valence-electron chi connectivity index (χ2n) is 5.34. The predicted octanol–water partition coefficient (Wildman–Crippen LogP) is 6.86. The Balaban J connectivity index is 2.96. The largest absolute Gasteiger partial charge is 0.418 e. The van der Waals surface area contributed by atoms with Crippen molar-refractivity contribution in [1.82, 2.24) is 0 Å². The van der Waals surface area contributed by atoms with Crippen LogP contribution in [0.4, 0.5) is 35.9 Å². The Morgan fingerprint density at radius 3 is 2.11 bits per heavy atom. The summed E-state index contributed by atoms with van der Waals surface area (Å²) in [5, 5.41) is 22.5. The van der Waals surface area contributed by atoms with E-state index in [9.17, 15) is 33.4 Å². The van der Waals surface area contributed by atoms with E-state index >= 15 is 0 Å². The van der Waals surface area contributed by atoms with Crippen LogP contribution in [0.1, 0.15) is 12.5 Å². The van der Waals surface area contributed by atoms with Gasteiger partial charge in [0.15, 0.2) is 0 Å². The van der Waals surface area contributed by atoms with Crippen molar-refractivity contribution in [1.29, 1.82) is 0 Å². The van der Waals surface area contributed by atoms with E-state index in [1.165, 1.54) is 19.1 Å². The minimum atomic E-state index is -5.09. The van der Waals surface area contributed by atoms with Gasteiger partial charge in [-0.25, -0.2) is 0 Å². The van der Waals surface area contributed by atoms with E-state index in [0.29, 0.717) is 10.5 Å². The van der Waals surface area contributed by atoms with Crippen molar-refractivity contribution in [2.45, 2.75) is 13.1 Å². The molecule has 0 radical (unpaired) electrons. The molecule has 0 fully saturated rings. The van der Waals surface area contributed by atoms with Crippen LogP contribution in [-0.2, 0) is 6.18 Å². The Labute approximate surface area is 177 Å². The van der Waals surface area contributed by atoms with Crippen molar-refractivity contribution in [3.63, 3.8) is 0 Å². The molecule has 150 valence electrons. The number of hydrogen-bond donors (Lipinski definition) is 0. The van der Waals surface area contributed by atoms with Gasteiger partial charge in [0, 0.05) is 21.6 Å². The predicted molar refractivity (Wildman–Crippen MR) is 104 cm³/mol. The molecule has 0 bridgehead atoms. The summed E-state index contributed by atoms with van der Waals surface area (Å²) >= 11 is 12.6. The van der Waals surface area contributed by atoms with Gasteiger partial charge in [0.05, 0.1) is 32.2 Å². The molecule has 0 saturated heterocycles. The molecular formula is C15H9Br2ClF3N3O4. The summed E-state index contributed by atoms with van der Waals surface area (Å²) in [4.78, 5) is 21.3. The first kappa shape index (κ1) is 22.4. The van der Waals surface area contributed by atoms with Gasteiger partial charge in [-0.2, -0.15) is 13.2 Å². The van der Waals surface area contributed by atoms with E-state index in [2.05, 4.69) is 31.9 Å². The molecule has 0 heterocycles. The highest BCUT2D eigenvalue weighted by Gasteiger charge is 2.42. The Kier molecular flexibility index (Phi) is 6.56. The van der Waals surface area contributed by atoms with Gasteiger partial charge < -0.3 is 4.90 Å². The summed E-state index contributed by atoms with van der Waals surface area (Å²) in [6.45, 7) is 1.33. The van der Waals surface area contributed by atoms with Gasteiger partial charge in [-0.15, -0.1) is 0 Å². The molecule has 28 heavy (non-hydrogen) atoms. The molecule has 2 rings (SSSR count). The summed E-state index contributed by atoms with van der Waals surface area (Å²) in [7, 11) is 0. The first-order valence-corrected chi connectivity index (χ1v) is 9.31. The summed E-state index contributed by atoms with van der Waals surface area (Å²) in [5.41, 5.74) is -4.40. The van der Waals surface area contributed by atoms with E-state index in [0.717, 1.165) is 4.90 Å². The summed E-state index contributed by atoms with van der Waals surface area (Å²) < 4.78 is 41.9. The fraction of sp³-hybridized carbons (Fsp3) is 0.200. The average molecular weight is 548 g/mol. The minimum absolute atomic E-state index is 0.0175. The topological polar surface area (TPSA) is 89.5 Å². The highest BCUT2D eigenvalue weighted by molar-refractivity contribution is 9.11. The van der Waals surface area contributed by atoms with Crippen molar-refractivity contribution in [2.75, 3.05) is 11.4 Å². The fourth-order valence-electron chi connectivity index (χ4n) is 2.57.